The van der Waals surface area contributed by atoms with Crippen LogP contribution in [-0.4, -0.2) is 28.4 Å². The van der Waals surface area contributed by atoms with Gasteiger partial charge in [-0.2, -0.15) is 5.10 Å². The second-order valence-corrected chi connectivity index (χ2v) is 6.48. The quantitative estimate of drug-likeness (QED) is 0.862. The lowest BCUT2D eigenvalue weighted by Gasteiger charge is -2.36. The van der Waals surface area contributed by atoms with E-state index in [9.17, 15) is 4.79 Å². The normalized spacial score (nSPS) is 17.9. The first kappa shape index (κ1) is 15.5. The van der Waals surface area contributed by atoms with E-state index in [1.807, 2.05) is 0 Å². The molecule has 2 rings (SSSR count). The summed E-state index contributed by atoms with van der Waals surface area (Å²) in [4.78, 5) is 12.2. The van der Waals surface area contributed by atoms with Crippen LogP contribution in [0.2, 0.25) is 0 Å². The number of halogens is 1. The highest BCUT2D eigenvalue weighted by Gasteiger charge is 2.27. The Morgan fingerprint density at radius 1 is 1.50 bits per heavy atom. The van der Waals surface area contributed by atoms with Gasteiger partial charge in [-0.3, -0.25) is 4.79 Å². The number of nitrogens with one attached hydrogen (secondary N) is 2. The molecule has 0 amide bonds. The minimum Gasteiger partial charge on any atom is -0.377 e. The van der Waals surface area contributed by atoms with Crippen molar-refractivity contribution in [3.05, 3.63) is 21.0 Å². The maximum Gasteiger partial charge on any atom is 0.283 e. The SMILES string of the molecule is CCCCn1ncc(NC2(C)CCNCC2)c(Br)c1=O. The molecule has 112 valence electrons. The summed E-state index contributed by atoms with van der Waals surface area (Å²) in [5.41, 5.74) is 0.769. The molecule has 0 bridgehead atoms. The molecule has 0 saturated carbocycles. The highest BCUT2D eigenvalue weighted by molar-refractivity contribution is 9.10. The van der Waals surface area contributed by atoms with Gasteiger partial charge in [0.05, 0.1) is 11.9 Å². The van der Waals surface area contributed by atoms with Gasteiger partial charge in [0.25, 0.3) is 5.56 Å². The summed E-state index contributed by atoms with van der Waals surface area (Å²) >= 11 is 3.42. The molecule has 1 saturated heterocycles. The number of anilines is 1. The lowest BCUT2D eigenvalue weighted by molar-refractivity contribution is 0.364. The van der Waals surface area contributed by atoms with Crippen molar-refractivity contribution in [3.63, 3.8) is 0 Å². The van der Waals surface area contributed by atoms with Gasteiger partial charge in [0.1, 0.15) is 4.47 Å². The summed E-state index contributed by atoms with van der Waals surface area (Å²) in [6, 6.07) is 0. The number of unbranched alkanes of at least 4 members (excludes halogenated alkanes) is 1. The number of piperidine rings is 1. The standard InChI is InChI=1S/C14H23BrN4O/c1-3-4-9-19-13(20)12(15)11(10-17-19)18-14(2)5-7-16-8-6-14/h10,16,18H,3-9H2,1-2H3. The third-order valence-corrected chi connectivity index (χ3v) is 4.62. The van der Waals surface area contributed by atoms with E-state index in [0.717, 1.165) is 44.5 Å². The molecule has 1 aromatic heterocycles. The van der Waals surface area contributed by atoms with Crippen LogP contribution in [0.3, 0.4) is 0 Å². The predicted molar refractivity (Wildman–Crippen MR) is 85.2 cm³/mol. The molecule has 1 fully saturated rings. The monoisotopic (exact) mass is 342 g/mol. The Hall–Kier alpha value is -0.880. The van der Waals surface area contributed by atoms with E-state index < -0.39 is 0 Å². The topological polar surface area (TPSA) is 59.0 Å². The van der Waals surface area contributed by atoms with Crippen LogP contribution >= 0.6 is 15.9 Å². The summed E-state index contributed by atoms with van der Waals surface area (Å²) in [6.45, 7) is 6.98. The molecule has 0 atom stereocenters. The lowest BCUT2D eigenvalue weighted by atomic mass is 9.90. The lowest BCUT2D eigenvalue weighted by Crippen LogP contribution is -2.45. The fourth-order valence-corrected chi connectivity index (χ4v) is 2.85. The van der Waals surface area contributed by atoms with Gasteiger partial charge in [-0.25, -0.2) is 4.68 Å². The Morgan fingerprint density at radius 3 is 2.85 bits per heavy atom. The number of hydrogen-bond donors (Lipinski definition) is 2. The van der Waals surface area contributed by atoms with Crippen molar-refractivity contribution >= 4 is 21.6 Å². The van der Waals surface area contributed by atoms with Crippen LogP contribution < -0.4 is 16.2 Å². The molecule has 5 nitrogen and oxygen atoms in total. The van der Waals surface area contributed by atoms with Crippen LogP contribution in [0, 0.1) is 0 Å². The van der Waals surface area contributed by atoms with Gasteiger partial charge in [-0.1, -0.05) is 13.3 Å². The van der Waals surface area contributed by atoms with Crippen molar-refractivity contribution < 1.29 is 0 Å². The van der Waals surface area contributed by atoms with Crippen LogP contribution in [0.4, 0.5) is 5.69 Å². The second-order valence-electron chi connectivity index (χ2n) is 5.69. The van der Waals surface area contributed by atoms with Crippen molar-refractivity contribution in [2.45, 2.75) is 51.6 Å². The van der Waals surface area contributed by atoms with Crippen LogP contribution in [0.1, 0.15) is 39.5 Å². The second kappa shape index (κ2) is 6.72. The molecule has 2 heterocycles. The van der Waals surface area contributed by atoms with Crippen molar-refractivity contribution in [1.29, 1.82) is 0 Å². The van der Waals surface area contributed by atoms with E-state index in [4.69, 9.17) is 0 Å². The summed E-state index contributed by atoms with van der Waals surface area (Å²) in [5.74, 6) is 0. The Morgan fingerprint density at radius 2 is 2.20 bits per heavy atom. The molecule has 1 aromatic rings. The molecular weight excluding hydrogens is 320 g/mol. The van der Waals surface area contributed by atoms with E-state index in [1.54, 1.807) is 6.20 Å². The van der Waals surface area contributed by atoms with E-state index in [2.05, 4.69) is 45.5 Å². The van der Waals surface area contributed by atoms with Crippen LogP contribution in [0.5, 0.6) is 0 Å². The van der Waals surface area contributed by atoms with Gasteiger partial charge in [0.15, 0.2) is 0 Å². The highest BCUT2D eigenvalue weighted by atomic mass is 79.9. The number of rotatable bonds is 5. The van der Waals surface area contributed by atoms with Crippen molar-refractivity contribution in [1.82, 2.24) is 15.1 Å². The Labute approximate surface area is 128 Å². The average Bonchev–Trinajstić information content (AvgIpc) is 2.44. The minimum absolute atomic E-state index is 0.0253. The zero-order valence-corrected chi connectivity index (χ0v) is 13.8. The third-order valence-electron chi connectivity index (χ3n) is 3.85. The first-order valence-electron chi connectivity index (χ1n) is 7.30. The molecule has 20 heavy (non-hydrogen) atoms. The highest BCUT2D eigenvalue weighted by Crippen LogP contribution is 2.26. The number of aromatic nitrogens is 2. The van der Waals surface area contributed by atoms with Gasteiger partial charge < -0.3 is 10.6 Å². The first-order chi connectivity index (χ1) is 9.56. The Bertz CT molecular complexity index is 508. The van der Waals surface area contributed by atoms with Gasteiger partial charge in [0, 0.05) is 12.1 Å². The van der Waals surface area contributed by atoms with E-state index in [-0.39, 0.29) is 11.1 Å². The van der Waals surface area contributed by atoms with Crippen LogP contribution in [-0.2, 0) is 6.54 Å². The van der Waals surface area contributed by atoms with E-state index in [0.29, 0.717) is 11.0 Å². The summed E-state index contributed by atoms with van der Waals surface area (Å²) in [7, 11) is 0. The van der Waals surface area contributed by atoms with Crippen molar-refractivity contribution in [2.75, 3.05) is 18.4 Å². The fraction of sp³-hybridized carbons (Fsp3) is 0.714. The Kier molecular flexibility index (Phi) is 5.21. The number of hydrogen-bond acceptors (Lipinski definition) is 4. The molecular formula is C14H23BrN4O. The zero-order valence-electron chi connectivity index (χ0n) is 12.2. The van der Waals surface area contributed by atoms with Crippen LogP contribution in [0.25, 0.3) is 0 Å². The molecule has 0 unspecified atom stereocenters. The maximum atomic E-state index is 12.2. The fourth-order valence-electron chi connectivity index (χ4n) is 2.45. The van der Waals surface area contributed by atoms with Gasteiger partial charge in [0.2, 0.25) is 0 Å². The third kappa shape index (κ3) is 3.61. The molecule has 6 heteroatoms. The minimum atomic E-state index is -0.0546. The van der Waals surface area contributed by atoms with Gasteiger partial charge in [-0.15, -0.1) is 0 Å². The van der Waals surface area contributed by atoms with Gasteiger partial charge >= 0.3 is 0 Å². The van der Waals surface area contributed by atoms with Gasteiger partial charge in [-0.05, 0) is 55.2 Å². The summed E-state index contributed by atoms with van der Waals surface area (Å²) < 4.78 is 2.12. The van der Waals surface area contributed by atoms with Crippen molar-refractivity contribution in [2.24, 2.45) is 0 Å². The Balaban J connectivity index is 2.16. The molecule has 2 N–H and O–H groups in total. The number of aryl methyl sites for hydroxylation is 1. The molecule has 0 aliphatic carbocycles. The average molecular weight is 343 g/mol. The number of nitrogens with zero attached hydrogens (tertiary/aromatic N) is 2. The molecule has 0 aromatic carbocycles. The smallest absolute Gasteiger partial charge is 0.283 e. The molecule has 1 aliphatic heterocycles. The van der Waals surface area contributed by atoms with E-state index >= 15 is 0 Å². The largest absolute Gasteiger partial charge is 0.377 e. The zero-order chi connectivity index (χ0) is 14.6. The summed E-state index contributed by atoms with van der Waals surface area (Å²) in [5, 5.41) is 11.1. The first-order valence-corrected chi connectivity index (χ1v) is 8.09. The molecule has 1 aliphatic rings. The molecule has 0 radical (unpaired) electrons. The summed E-state index contributed by atoms with van der Waals surface area (Å²) in [6.07, 6.45) is 5.86. The van der Waals surface area contributed by atoms with Crippen molar-refractivity contribution in [3.8, 4) is 0 Å². The maximum absolute atomic E-state index is 12.2. The molecule has 0 spiro atoms. The van der Waals surface area contributed by atoms with E-state index in [1.165, 1.54) is 4.68 Å². The van der Waals surface area contributed by atoms with Crippen LogP contribution in [0.15, 0.2) is 15.5 Å². The predicted octanol–water partition coefficient (Wildman–Crippen LogP) is 2.36.